The van der Waals surface area contributed by atoms with Crippen molar-refractivity contribution in [3.8, 4) is 0 Å². The Morgan fingerprint density at radius 1 is 1.60 bits per heavy atom. The minimum Gasteiger partial charge on any atom is -0.389 e. The lowest BCUT2D eigenvalue weighted by Crippen LogP contribution is -2.45. The molecule has 0 rings (SSSR count). The molecular formula is C10H22N2O3. The van der Waals surface area contributed by atoms with Crippen LogP contribution in [0.3, 0.4) is 0 Å². The van der Waals surface area contributed by atoms with Gasteiger partial charge in [-0.25, -0.2) is 0 Å². The monoisotopic (exact) mass is 218 g/mol. The highest BCUT2D eigenvalue weighted by Crippen LogP contribution is 1.92. The van der Waals surface area contributed by atoms with Gasteiger partial charge < -0.3 is 20.1 Å². The molecule has 2 unspecified atom stereocenters. The first kappa shape index (κ1) is 14.3. The molecule has 0 saturated heterocycles. The predicted molar refractivity (Wildman–Crippen MR) is 58.7 cm³/mol. The maximum absolute atomic E-state index is 11.6. The number of carbonyl (C=O) groups excluding carboxylic acids is 1. The minimum atomic E-state index is -0.572. The smallest absolute Gasteiger partial charge is 0.239 e. The number of amides is 1. The van der Waals surface area contributed by atoms with Crippen LogP contribution >= 0.6 is 0 Å². The van der Waals surface area contributed by atoms with E-state index in [4.69, 9.17) is 4.74 Å². The SMILES string of the molecule is CCN(C)C(=O)C(C)NCC(O)COC. The molecule has 0 heterocycles. The molecule has 0 aliphatic heterocycles. The molecule has 0 aliphatic rings. The zero-order chi connectivity index (χ0) is 11.8. The molecular weight excluding hydrogens is 196 g/mol. The van der Waals surface area contributed by atoms with E-state index in [2.05, 4.69) is 5.32 Å². The van der Waals surface area contributed by atoms with Gasteiger partial charge in [-0.3, -0.25) is 4.79 Å². The minimum absolute atomic E-state index is 0.0297. The van der Waals surface area contributed by atoms with Gasteiger partial charge in [0.1, 0.15) is 0 Å². The molecule has 5 nitrogen and oxygen atoms in total. The molecule has 0 saturated carbocycles. The fraction of sp³-hybridized carbons (Fsp3) is 0.900. The average molecular weight is 218 g/mol. The highest BCUT2D eigenvalue weighted by molar-refractivity contribution is 5.81. The largest absolute Gasteiger partial charge is 0.389 e. The second-order valence-electron chi connectivity index (χ2n) is 3.59. The zero-order valence-electron chi connectivity index (χ0n) is 9.99. The Hall–Kier alpha value is -0.650. The van der Waals surface area contributed by atoms with Crippen molar-refractivity contribution in [3.05, 3.63) is 0 Å². The second-order valence-corrected chi connectivity index (χ2v) is 3.59. The average Bonchev–Trinajstić information content (AvgIpc) is 2.24. The van der Waals surface area contributed by atoms with Crippen LogP contribution < -0.4 is 5.32 Å². The van der Waals surface area contributed by atoms with Crippen LogP contribution in [0.25, 0.3) is 0 Å². The van der Waals surface area contributed by atoms with Gasteiger partial charge in [-0.15, -0.1) is 0 Å². The molecule has 0 bridgehead atoms. The van der Waals surface area contributed by atoms with Crippen molar-refractivity contribution in [1.29, 1.82) is 0 Å². The Labute approximate surface area is 91.4 Å². The molecule has 1 amide bonds. The molecule has 15 heavy (non-hydrogen) atoms. The van der Waals surface area contributed by atoms with Crippen LogP contribution in [-0.2, 0) is 9.53 Å². The number of nitrogens with zero attached hydrogens (tertiary/aromatic N) is 1. The molecule has 5 heteroatoms. The van der Waals surface area contributed by atoms with E-state index in [1.807, 2.05) is 6.92 Å². The molecule has 0 aromatic rings. The number of likely N-dealkylation sites (N-methyl/N-ethyl adjacent to an activating group) is 1. The van der Waals surface area contributed by atoms with Crippen LogP contribution in [0.1, 0.15) is 13.8 Å². The van der Waals surface area contributed by atoms with Gasteiger partial charge in [-0.1, -0.05) is 0 Å². The van der Waals surface area contributed by atoms with Crippen LogP contribution in [0.4, 0.5) is 0 Å². The number of nitrogens with one attached hydrogen (secondary N) is 1. The van der Waals surface area contributed by atoms with Gasteiger partial charge in [0.15, 0.2) is 0 Å². The van der Waals surface area contributed by atoms with Gasteiger partial charge in [0.25, 0.3) is 0 Å². The van der Waals surface area contributed by atoms with Crippen LogP contribution in [0.2, 0.25) is 0 Å². The van der Waals surface area contributed by atoms with Crippen LogP contribution in [0.15, 0.2) is 0 Å². The van der Waals surface area contributed by atoms with E-state index in [1.165, 1.54) is 7.11 Å². The first-order valence-electron chi connectivity index (χ1n) is 5.18. The van der Waals surface area contributed by atoms with Crippen molar-refractivity contribution in [2.45, 2.75) is 26.0 Å². The normalized spacial score (nSPS) is 14.7. The lowest BCUT2D eigenvalue weighted by atomic mass is 10.2. The van der Waals surface area contributed by atoms with E-state index >= 15 is 0 Å². The van der Waals surface area contributed by atoms with Crippen molar-refractivity contribution in [3.63, 3.8) is 0 Å². The quantitative estimate of drug-likeness (QED) is 0.602. The number of rotatable bonds is 7. The summed E-state index contributed by atoms with van der Waals surface area (Å²) in [6.07, 6.45) is -0.572. The van der Waals surface area contributed by atoms with Crippen molar-refractivity contribution in [2.75, 3.05) is 33.9 Å². The van der Waals surface area contributed by atoms with E-state index in [1.54, 1.807) is 18.9 Å². The van der Waals surface area contributed by atoms with Crippen LogP contribution in [0, 0.1) is 0 Å². The van der Waals surface area contributed by atoms with E-state index in [0.29, 0.717) is 13.1 Å². The summed E-state index contributed by atoms with van der Waals surface area (Å²) in [5.41, 5.74) is 0. The lowest BCUT2D eigenvalue weighted by Gasteiger charge is -2.21. The maximum Gasteiger partial charge on any atom is 0.239 e. The summed E-state index contributed by atoms with van der Waals surface area (Å²) >= 11 is 0. The number of ether oxygens (including phenoxy) is 1. The summed E-state index contributed by atoms with van der Waals surface area (Å²) < 4.78 is 4.78. The van der Waals surface area contributed by atoms with Crippen molar-refractivity contribution in [2.24, 2.45) is 0 Å². The number of hydrogen-bond acceptors (Lipinski definition) is 4. The molecule has 2 atom stereocenters. The van der Waals surface area contributed by atoms with Gasteiger partial charge in [0.2, 0.25) is 5.91 Å². The first-order valence-corrected chi connectivity index (χ1v) is 5.18. The fourth-order valence-electron chi connectivity index (χ4n) is 1.14. The predicted octanol–water partition coefficient (Wildman–Crippen LogP) is -0.550. The molecule has 0 spiro atoms. The number of methoxy groups -OCH3 is 1. The number of aliphatic hydroxyl groups is 1. The van der Waals surface area contributed by atoms with Gasteiger partial charge >= 0.3 is 0 Å². The Morgan fingerprint density at radius 3 is 2.67 bits per heavy atom. The Morgan fingerprint density at radius 2 is 2.20 bits per heavy atom. The Kier molecular flexibility index (Phi) is 7.29. The highest BCUT2D eigenvalue weighted by atomic mass is 16.5. The number of carbonyl (C=O) groups is 1. The number of aliphatic hydroxyl groups excluding tert-OH is 1. The third-order valence-corrected chi connectivity index (χ3v) is 2.24. The molecule has 90 valence electrons. The zero-order valence-corrected chi connectivity index (χ0v) is 9.99. The highest BCUT2D eigenvalue weighted by Gasteiger charge is 2.16. The summed E-state index contributed by atoms with van der Waals surface area (Å²) in [5, 5.41) is 12.3. The Bertz CT molecular complexity index is 188. The summed E-state index contributed by atoms with van der Waals surface area (Å²) in [6, 6.07) is -0.276. The molecule has 0 radical (unpaired) electrons. The van der Waals surface area contributed by atoms with E-state index in [9.17, 15) is 9.90 Å². The lowest BCUT2D eigenvalue weighted by molar-refractivity contribution is -0.131. The number of hydrogen-bond donors (Lipinski definition) is 2. The third-order valence-electron chi connectivity index (χ3n) is 2.24. The summed E-state index contributed by atoms with van der Waals surface area (Å²) in [6.45, 7) is 5.03. The van der Waals surface area contributed by atoms with Gasteiger partial charge in [-0.2, -0.15) is 0 Å². The van der Waals surface area contributed by atoms with Crippen molar-refractivity contribution < 1.29 is 14.6 Å². The molecule has 0 aliphatic carbocycles. The van der Waals surface area contributed by atoms with E-state index in [-0.39, 0.29) is 18.6 Å². The fourth-order valence-corrected chi connectivity index (χ4v) is 1.14. The summed E-state index contributed by atoms with van der Waals surface area (Å²) in [4.78, 5) is 13.2. The Balaban J connectivity index is 3.82. The summed E-state index contributed by atoms with van der Waals surface area (Å²) in [7, 11) is 3.29. The van der Waals surface area contributed by atoms with Crippen LogP contribution in [0.5, 0.6) is 0 Å². The van der Waals surface area contributed by atoms with Gasteiger partial charge in [0.05, 0.1) is 18.8 Å². The first-order chi connectivity index (χ1) is 7.02. The van der Waals surface area contributed by atoms with Gasteiger partial charge in [0, 0.05) is 27.2 Å². The third kappa shape index (κ3) is 5.71. The van der Waals surface area contributed by atoms with E-state index < -0.39 is 6.10 Å². The molecule has 0 aromatic carbocycles. The topological polar surface area (TPSA) is 61.8 Å². The van der Waals surface area contributed by atoms with Crippen molar-refractivity contribution in [1.82, 2.24) is 10.2 Å². The summed E-state index contributed by atoms with van der Waals surface area (Å²) in [5.74, 6) is 0.0297. The standard InChI is InChI=1S/C10H22N2O3/c1-5-12(3)10(14)8(2)11-6-9(13)7-15-4/h8-9,11,13H,5-7H2,1-4H3. The van der Waals surface area contributed by atoms with Crippen molar-refractivity contribution >= 4 is 5.91 Å². The maximum atomic E-state index is 11.6. The van der Waals surface area contributed by atoms with Gasteiger partial charge in [-0.05, 0) is 13.8 Å². The molecule has 2 N–H and O–H groups in total. The van der Waals surface area contributed by atoms with E-state index in [0.717, 1.165) is 0 Å². The van der Waals surface area contributed by atoms with Crippen LogP contribution in [-0.4, -0.2) is 61.9 Å². The molecule has 0 aromatic heterocycles. The molecule has 0 fully saturated rings. The second kappa shape index (κ2) is 7.62.